The van der Waals surface area contributed by atoms with E-state index in [0.717, 1.165) is 72.3 Å². The van der Waals surface area contributed by atoms with Crippen molar-refractivity contribution in [1.82, 2.24) is 9.97 Å². The zero-order valence-corrected chi connectivity index (χ0v) is 31.0. The lowest BCUT2D eigenvalue weighted by Crippen LogP contribution is -1.96. The van der Waals surface area contributed by atoms with Crippen molar-refractivity contribution in [1.29, 1.82) is 0 Å². The van der Waals surface area contributed by atoms with Gasteiger partial charge in [0.2, 0.25) is 0 Å². The number of furan rings is 1. The summed E-state index contributed by atoms with van der Waals surface area (Å²) in [5.41, 5.74) is 13.4. The molecule has 4 heteroatoms. The van der Waals surface area contributed by atoms with E-state index in [-0.39, 0.29) is 0 Å². The summed E-state index contributed by atoms with van der Waals surface area (Å²) in [6.07, 6.45) is 0. The summed E-state index contributed by atoms with van der Waals surface area (Å²) in [5, 5.41) is 4.83. The van der Waals surface area contributed by atoms with Crippen molar-refractivity contribution in [2.75, 3.05) is 0 Å². The molecule has 0 saturated carbocycles. The number of nitrogens with zero attached hydrogens (tertiary/aromatic N) is 2. The average molecular weight is 733 g/mol. The number of hydrogen-bond acceptors (Lipinski definition) is 4. The average Bonchev–Trinajstić information content (AvgIpc) is 3.84. The van der Waals surface area contributed by atoms with E-state index in [9.17, 15) is 0 Å². The van der Waals surface area contributed by atoms with Gasteiger partial charge in [0.25, 0.3) is 0 Å². The Hall–Kier alpha value is -7.14. The van der Waals surface area contributed by atoms with Crippen LogP contribution in [-0.4, -0.2) is 9.97 Å². The summed E-state index contributed by atoms with van der Waals surface area (Å²) in [6, 6.07) is 68.7. The van der Waals surface area contributed by atoms with Crippen LogP contribution in [0.3, 0.4) is 0 Å². The van der Waals surface area contributed by atoms with Gasteiger partial charge in [-0.05, 0) is 94.0 Å². The quantitative estimate of drug-likeness (QED) is 0.171. The van der Waals surface area contributed by atoms with Gasteiger partial charge in [-0.25, -0.2) is 9.97 Å². The van der Waals surface area contributed by atoms with Gasteiger partial charge in [-0.3, -0.25) is 0 Å². The maximum absolute atomic E-state index is 6.18. The van der Waals surface area contributed by atoms with Gasteiger partial charge in [0.05, 0.1) is 11.4 Å². The lowest BCUT2D eigenvalue weighted by molar-refractivity contribution is 0.669. The Kier molecular flexibility index (Phi) is 7.68. The van der Waals surface area contributed by atoms with E-state index in [0.29, 0.717) is 5.82 Å². The summed E-state index contributed by atoms with van der Waals surface area (Å²) in [5.74, 6) is 0.690. The summed E-state index contributed by atoms with van der Waals surface area (Å²) >= 11 is 1.85. The van der Waals surface area contributed by atoms with E-state index in [1.54, 1.807) is 0 Å². The molecule has 0 spiro atoms. The van der Waals surface area contributed by atoms with Crippen molar-refractivity contribution in [3.63, 3.8) is 0 Å². The van der Waals surface area contributed by atoms with E-state index in [1.165, 1.54) is 31.3 Å². The van der Waals surface area contributed by atoms with Crippen LogP contribution >= 0.6 is 11.3 Å². The van der Waals surface area contributed by atoms with Gasteiger partial charge in [0.1, 0.15) is 11.2 Å². The molecule has 11 rings (SSSR count). The van der Waals surface area contributed by atoms with Crippen LogP contribution in [0.4, 0.5) is 0 Å². The molecule has 0 radical (unpaired) electrons. The summed E-state index contributed by atoms with van der Waals surface area (Å²) in [6.45, 7) is 0. The predicted molar refractivity (Wildman–Crippen MR) is 235 cm³/mol. The molecule has 3 nitrogen and oxygen atoms in total. The minimum Gasteiger partial charge on any atom is -0.456 e. The van der Waals surface area contributed by atoms with E-state index in [4.69, 9.17) is 14.4 Å². The number of fused-ring (bicyclic) bond motifs is 6. The molecule has 11 aromatic rings. The highest BCUT2D eigenvalue weighted by Gasteiger charge is 2.15. The molecule has 3 aromatic heterocycles. The number of aromatic nitrogens is 2. The molecule has 0 amide bonds. The summed E-state index contributed by atoms with van der Waals surface area (Å²) in [4.78, 5) is 10.4. The Morgan fingerprint density at radius 1 is 0.304 bits per heavy atom. The monoisotopic (exact) mass is 732 g/mol. The van der Waals surface area contributed by atoms with E-state index in [1.807, 2.05) is 41.7 Å². The highest BCUT2D eigenvalue weighted by molar-refractivity contribution is 7.25. The van der Waals surface area contributed by atoms with Crippen LogP contribution in [0, 0.1) is 0 Å². The second-order valence-corrected chi connectivity index (χ2v) is 15.3. The zero-order chi connectivity index (χ0) is 37.0. The molecule has 0 aliphatic carbocycles. The van der Waals surface area contributed by atoms with Crippen LogP contribution in [0.1, 0.15) is 0 Å². The third-order valence-corrected chi connectivity index (χ3v) is 11.8. The molecule has 0 fully saturated rings. The summed E-state index contributed by atoms with van der Waals surface area (Å²) in [7, 11) is 0. The lowest BCUT2D eigenvalue weighted by atomic mass is 9.94. The molecule has 0 N–H and O–H groups in total. The van der Waals surface area contributed by atoms with Crippen LogP contribution in [0.5, 0.6) is 0 Å². The number of para-hydroxylation sites is 1. The van der Waals surface area contributed by atoms with Crippen molar-refractivity contribution < 1.29 is 4.42 Å². The smallest absolute Gasteiger partial charge is 0.160 e. The molecule has 0 bridgehead atoms. The Morgan fingerprint density at radius 2 is 0.821 bits per heavy atom. The first kappa shape index (κ1) is 32.3. The molecule has 262 valence electrons. The van der Waals surface area contributed by atoms with Crippen LogP contribution in [0.15, 0.2) is 199 Å². The second kappa shape index (κ2) is 13.3. The molecule has 3 heterocycles. The van der Waals surface area contributed by atoms with Crippen molar-refractivity contribution >= 4 is 53.4 Å². The van der Waals surface area contributed by atoms with E-state index in [2.05, 4.69) is 164 Å². The molecule has 0 saturated heterocycles. The minimum absolute atomic E-state index is 0.690. The van der Waals surface area contributed by atoms with Crippen LogP contribution in [0.25, 0.3) is 109 Å². The number of benzene rings is 8. The zero-order valence-electron chi connectivity index (χ0n) is 30.2. The van der Waals surface area contributed by atoms with Crippen LogP contribution in [-0.2, 0) is 0 Å². The highest BCUT2D eigenvalue weighted by Crippen LogP contribution is 2.39. The molecule has 0 aliphatic heterocycles. The van der Waals surface area contributed by atoms with Crippen molar-refractivity contribution in [3.8, 4) is 67.3 Å². The normalized spacial score (nSPS) is 11.6. The largest absolute Gasteiger partial charge is 0.456 e. The van der Waals surface area contributed by atoms with Gasteiger partial charge in [-0.15, -0.1) is 11.3 Å². The van der Waals surface area contributed by atoms with Crippen molar-refractivity contribution in [2.45, 2.75) is 0 Å². The fourth-order valence-electron chi connectivity index (χ4n) is 7.84. The van der Waals surface area contributed by atoms with Crippen LogP contribution in [0.2, 0.25) is 0 Å². The lowest BCUT2D eigenvalue weighted by Gasteiger charge is -2.13. The van der Waals surface area contributed by atoms with Gasteiger partial charge < -0.3 is 4.42 Å². The fourth-order valence-corrected chi connectivity index (χ4v) is 8.93. The van der Waals surface area contributed by atoms with E-state index < -0.39 is 0 Å². The van der Waals surface area contributed by atoms with Gasteiger partial charge in [-0.2, -0.15) is 0 Å². The first-order valence-electron chi connectivity index (χ1n) is 18.8. The highest BCUT2D eigenvalue weighted by atomic mass is 32.1. The number of hydrogen-bond donors (Lipinski definition) is 0. The molecule has 0 atom stereocenters. The SMILES string of the molecule is c1ccc(-c2cc(-c3ccc4oc5ccccc5c4c3)cc(-c3cc(-c4ccc(-c5ccc6sc7ccccc7c6c5)cc4)nc(-c4ccccc4)n3)c2)cc1. The Balaban J connectivity index is 1.05. The predicted octanol–water partition coefficient (Wildman–Crippen LogP) is 14.7. The molecule has 8 aromatic carbocycles. The van der Waals surface area contributed by atoms with E-state index >= 15 is 0 Å². The fraction of sp³-hybridized carbons (Fsp3) is 0. The molecular weight excluding hydrogens is 701 g/mol. The maximum atomic E-state index is 6.18. The molecule has 0 aliphatic rings. The topological polar surface area (TPSA) is 38.9 Å². The Bertz CT molecular complexity index is 3240. The van der Waals surface area contributed by atoms with Crippen LogP contribution < -0.4 is 0 Å². The first-order valence-corrected chi connectivity index (χ1v) is 19.6. The van der Waals surface area contributed by atoms with Gasteiger partial charge >= 0.3 is 0 Å². The van der Waals surface area contributed by atoms with Gasteiger partial charge in [-0.1, -0.05) is 133 Å². The first-order chi connectivity index (χ1) is 27.7. The summed E-state index contributed by atoms with van der Waals surface area (Å²) < 4.78 is 8.81. The second-order valence-electron chi connectivity index (χ2n) is 14.2. The van der Waals surface area contributed by atoms with Crippen molar-refractivity contribution in [2.24, 2.45) is 0 Å². The third-order valence-electron chi connectivity index (χ3n) is 10.7. The minimum atomic E-state index is 0.690. The maximum Gasteiger partial charge on any atom is 0.160 e. The standard InChI is InChI=1S/C52H32N2OS/c1-3-11-33(12-4-1)39-27-40(38-23-25-49-44(30-38)42-15-7-9-17-48(42)55-49)29-41(28-39)47-32-46(53-52(54-47)36-13-5-2-6-14-36)35-21-19-34(20-22-35)37-24-26-51-45(31-37)43-16-8-10-18-50(43)56-51/h1-32H. The Morgan fingerprint density at radius 3 is 1.62 bits per heavy atom. The third kappa shape index (κ3) is 5.76. The number of thiophene rings is 1. The van der Waals surface area contributed by atoms with Gasteiger partial charge in [0.15, 0.2) is 5.82 Å². The van der Waals surface area contributed by atoms with Crippen molar-refractivity contribution in [3.05, 3.63) is 194 Å². The Labute approximate surface area is 327 Å². The van der Waals surface area contributed by atoms with Gasteiger partial charge in [0, 0.05) is 47.6 Å². The molecular formula is C52H32N2OS. The molecule has 56 heavy (non-hydrogen) atoms. The molecule has 0 unspecified atom stereocenters. The number of rotatable bonds is 6.